The van der Waals surface area contributed by atoms with Crippen LogP contribution in [0.2, 0.25) is 5.02 Å². The molecule has 0 aromatic heterocycles. The van der Waals surface area contributed by atoms with Gasteiger partial charge in [-0.2, -0.15) is 0 Å². The molecule has 0 unspecified atom stereocenters. The second kappa shape index (κ2) is 7.49. The largest absolute Gasteiger partial charge is 0.489 e. The van der Waals surface area contributed by atoms with Gasteiger partial charge >= 0.3 is 5.97 Å². The van der Waals surface area contributed by atoms with Crippen LogP contribution in [0, 0.1) is 11.6 Å². The fourth-order valence-electron chi connectivity index (χ4n) is 2.24. The van der Waals surface area contributed by atoms with Crippen LogP contribution in [0.4, 0.5) is 8.78 Å². The van der Waals surface area contributed by atoms with Gasteiger partial charge in [-0.05, 0) is 24.3 Å². The first kappa shape index (κ1) is 17.8. The molecule has 0 fully saturated rings. The van der Waals surface area contributed by atoms with Gasteiger partial charge in [0.25, 0.3) is 0 Å². The zero-order valence-electron chi connectivity index (χ0n) is 13.3. The number of carbonyl (C=O) groups excluding carboxylic acids is 1. The zero-order valence-corrected chi connectivity index (χ0v) is 14.1. The number of carbonyl (C=O) groups is 1. The highest BCUT2D eigenvalue weighted by atomic mass is 35.5. The molecule has 1 aliphatic heterocycles. The van der Waals surface area contributed by atoms with E-state index in [-0.39, 0.29) is 22.2 Å². The van der Waals surface area contributed by atoms with Crippen molar-refractivity contribution in [3.05, 3.63) is 82.5 Å². The van der Waals surface area contributed by atoms with Gasteiger partial charge in [-0.3, -0.25) is 0 Å². The number of hydrogen-bond acceptors (Lipinski definition) is 4. The van der Waals surface area contributed by atoms with Gasteiger partial charge in [0, 0.05) is 5.56 Å². The van der Waals surface area contributed by atoms with Crippen LogP contribution in [0.1, 0.15) is 11.1 Å². The number of cyclic esters (lactones) is 1. The van der Waals surface area contributed by atoms with Crippen molar-refractivity contribution in [2.75, 3.05) is 6.61 Å². The predicted molar refractivity (Wildman–Crippen MR) is 94.1 cm³/mol. The molecule has 0 radical (unpaired) electrons. The average Bonchev–Trinajstić information content (AvgIpc) is 2.98. The fourth-order valence-corrected chi connectivity index (χ4v) is 2.47. The van der Waals surface area contributed by atoms with E-state index in [1.807, 2.05) is 0 Å². The summed E-state index contributed by atoms with van der Waals surface area (Å²) in [5.74, 6) is -2.63. The molecule has 1 aliphatic rings. The van der Waals surface area contributed by atoms with E-state index in [1.54, 1.807) is 30.3 Å². The number of halogens is 3. The molecule has 0 saturated heterocycles. The summed E-state index contributed by atoms with van der Waals surface area (Å²) >= 11 is 5.89. The van der Waals surface area contributed by atoms with Crippen LogP contribution < -0.4 is 4.74 Å². The van der Waals surface area contributed by atoms with E-state index in [2.05, 4.69) is 11.6 Å². The third-order valence-electron chi connectivity index (χ3n) is 3.43. The summed E-state index contributed by atoms with van der Waals surface area (Å²) in [7, 11) is 0. The lowest BCUT2D eigenvalue weighted by molar-refractivity contribution is -0.129. The van der Waals surface area contributed by atoms with E-state index >= 15 is 0 Å². The Morgan fingerprint density at radius 2 is 1.96 bits per heavy atom. The molecule has 0 bridgehead atoms. The Bertz CT molecular complexity index is 954. The van der Waals surface area contributed by atoms with Gasteiger partial charge in [0.05, 0.1) is 10.6 Å². The zero-order chi connectivity index (χ0) is 18.7. The van der Waals surface area contributed by atoms with E-state index in [9.17, 15) is 13.6 Å². The number of nitrogens with zero attached hydrogens (tertiary/aromatic N) is 1. The average molecular weight is 376 g/mol. The summed E-state index contributed by atoms with van der Waals surface area (Å²) in [6.45, 7) is 3.87. The van der Waals surface area contributed by atoms with Gasteiger partial charge in [0.1, 0.15) is 12.4 Å². The van der Waals surface area contributed by atoms with Crippen molar-refractivity contribution >= 4 is 29.5 Å². The topological polar surface area (TPSA) is 47.9 Å². The SMILES string of the molecule is C=CCOc1ccccc1/C=C1\N=C(c2cc(F)c(F)cc2Cl)OC1=O. The molecular formula is C19H12ClF2NO3. The lowest BCUT2D eigenvalue weighted by atomic mass is 10.1. The van der Waals surface area contributed by atoms with Crippen LogP contribution in [-0.4, -0.2) is 18.5 Å². The molecule has 2 aromatic carbocycles. The van der Waals surface area contributed by atoms with E-state index < -0.39 is 17.6 Å². The Hall–Kier alpha value is -2.99. The standard InChI is InChI=1S/C19H12ClF2NO3/c1-2-7-25-17-6-4-3-5-11(17)8-16-19(24)26-18(23-16)12-9-14(21)15(22)10-13(12)20/h2-6,8-10H,1,7H2/b16-8-. The Kier molecular flexibility index (Phi) is 5.14. The first-order chi connectivity index (χ1) is 12.5. The Morgan fingerprint density at radius 3 is 2.73 bits per heavy atom. The summed E-state index contributed by atoms with van der Waals surface area (Å²) in [5, 5.41) is -0.119. The van der Waals surface area contributed by atoms with Crippen molar-refractivity contribution < 1.29 is 23.0 Å². The third kappa shape index (κ3) is 3.65. The van der Waals surface area contributed by atoms with Crippen LogP contribution in [-0.2, 0) is 9.53 Å². The molecule has 0 N–H and O–H groups in total. The molecule has 2 aromatic rings. The van der Waals surface area contributed by atoms with Crippen molar-refractivity contribution in [2.24, 2.45) is 4.99 Å². The van der Waals surface area contributed by atoms with Gasteiger partial charge in [-0.15, -0.1) is 0 Å². The molecule has 3 rings (SSSR count). The molecule has 0 spiro atoms. The number of para-hydroxylation sites is 1. The van der Waals surface area contributed by atoms with Crippen LogP contribution in [0.25, 0.3) is 6.08 Å². The second-order valence-corrected chi connectivity index (χ2v) is 5.63. The quantitative estimate of drug-likeness (QED) is 0.334. The minimum Gasteiger partial charge on any atom is -0.489 e. The Labute approximate surface area is 153 Å². The lowest BCUT2D eigenvalue weighted by Gasteiger charge is -2.06. The van der Waals surface area contributed by atoms with Gasteiger partial charge in [-0.1, -0.05) is 42.5 Å². The molecule has 0 atom stereocenters. The van der Waals surface area contributed by atoms with Gasteiger partial charge in [-0.25, -0.2) is 18.6 Å². The minimum absolute atomic E-state index is 0.0153. The number of rotatable bonds is 5. The Morgan fingerprint density at radius 1 is 1.23 bits per heavy atom. The maximum Gasteiger partial charge on any atom is 0.363 e. The molecule has 4 nitrogen and oxygen atoms in total. The van der Waals surface area contributed by atoms with Crippen LogP contribution in [0.3, 0.4) is 0 Å². The third-order valence-corrected chi connectivity index (χ3v) is 3.74. The van der Waals surface area contributed by atoms with Crippen LogP contribution in [0.5, 0.6) is 5.75 Å². The molecular weight excluding hydrogens is 364 g/mol. The van der Waals surface area contributed by atoms with Gasteiger partial charge < -0.3 is 9.47 Å². The summed E-state index contributed by atoms with van der Waals surface area (Å²) in [6.07, 6.45) is 3.07. The van der Waals surface area contributed by atoms with E-state index in [0.717, 1.165) is 12.1 Å². The van der Waals surface area contributed by atoms with Crippen molar-refractivity contribution in [2.45, 2.75) is 0 Å². The number of benzene rings is 2. The molecule has 1 heterocycles. The molecule has 26 heavy (non-hydrogen) atoms. The normalized spacial score (nSPS) is 15.0. The molecule has 7 heteroatoms. The highest BCUT2D eigenvalue weighted by Gasteiger charge is 2.27. The number of aliphatic imine (C=N–C) groups is 1. The maximum absolute atomic E-state index is 13.5. The minimum atomic E-state index is -1.12. The number of hydrogen-bond donors (Lipinski definition) is 0. The second-order valence-electron chi connectivity index (χ2n) is 5.22. The van der Waals surface area contributed by atoms with Crippen molar-refractivity contribution in [1.82, 2.24) is 0 Å². The molecule has 132 valence electrons. The fraction of sp³-hybridized carbons (Fsp3) is 0.0526. The highest BCUT2D eigenvalue weighted by Crippen LogP contribution is 2.27. The van der Waals surface area contributed by atoms with Crippen LogP contribution >= 0.6 is 11.6 Å². The molecule has 0 aliphatic carbocycles. The molecule has 0 amide bonds. The van der Waals surface area contributed by atoms with Crippen molar-refractivity contribution in [1.29, 1.82) is 0 Å². The Balaban J connectivity index is 1.98. The monoisotopic (exact) mass is 375 g/mol. The van der Waals surface area contributed by atoms with Crippen molar-refractivity contribution in [3.8, 4) is 5.75 Å². The van der Waals surface area contributed by atoms with Gasteiger partial charge in [0.2, 0.25) is 5.90 Å². The molecule has 0 saturated carbocycles. The summed E-state index contributed by atoms with van der Waals surface area (Å²) < 4.78 is 37.2. The van der Waals surface area contributed by atoms with E-state index in [4.69, 9.17) is 21.1 Å². The maximum atomic E-state index is 13.5. The smallest absolute Gasteiger partial charge is 0.363 e. The van der Waals surface area contributed by atoms with E-state index in [1.165, 1.54) is 6.08 Å². The highest BCUT2D eigenvalue weighted by molar-refractivity contribution is 6.34. The lowest BCUT2D eigenvalue weighted by Crippen LogP contribution is -2.07. The van der Waals surface area contributed by atoms with E-state index in [0.29, 0.717) is 17.9 Å². The van der Waals surface area contributed by atoms with Crippen LogP contribution in [0.15, 0.2) is 59.7 Å². The number of esters is 1. The van der Waals surface area contributed by atoms with Gasteiger partial charge in [0.15, 0.2) is 17.3 Å². The summed E-state index contributed by atoms with van der Waals surface area (Å²) in [6, 6.07) is 8.63. The predicted octanol–water partition coefficient (Wildman–Crippen LogP) is 4.53. The summed E-state index contributed by atoms with van der Waals surface area (Å²) in [5.41, 5.74) is 0.566. The first-order valence-corrected chi connectivity index (χ1v) is 7.87. The number of ether oxygens (including phenoxy) is 2. The first-order valence-electron chi connectivity index (χ1n) is 7.50. The summed E-state index contributed by atoms with van der Waals surface area (Å²) in [4.78, 5) is 16.1. The van der Waals surface area contributed by atoms with Crippen molar-refractivity contribution in [3.63, 3.8) is 0 Å².